The molecule has 4 heteroatoms. The van der Waals surface area contributed by atoms with Crippen molar-refractivity contribution in [3.05, 3.63) is 29.6 Å². The second-order valence-corrected chi connectivity index (χ2v) is 5.65. The second-order valence-electron chi connectivity index (χ2n) is 5.65. The Hall–Kier alpha value is -1.13. The van der Waals surface area contributed by atoms with E-state index in [1.165, 1.54) is 39.5 Å². The lowest BCUT2D eigenvalue weighted by molar-refractivity contribution is 0.211. The predicted octanol–water partition coefficient (Wildman–Crippen LogP) is 2.66. The van der Waals surface area contributed by atoms with E-state index in [9.17, 15) is 4.39 Å². The minimum atomic E-state index is -0.248. The molecule has 0 amide bonds. The standard InChI is InChI=1S/C16H25FN2O/c1-19-10-7-13(8-11-19)6-9-18-12-14-4-3-5-15(20-2)16(14)17/h3-5,13,18H,6-12H2,1-2H3. The number of piperidine rings is 1. The van der Waals surface area contributed by atoms with Crippen LogP contribution in [0.2, 0.25) is 0 Å². The summed E-state index contributed by atoms with van der Waals surface area (Å²) in [7, 11) is 3.68. The highest BCUT2D eigenvalue weighted by Gasteiger charge is 2.16. The van der Waals surface area contributed by atoms with Gasteiger partial charge in [0.05, 0.1) is 7.11 Å². The zero-order valence-corrected chi connectivity index (χ0v) is 12.5. The van der Waals surface area contributed by atoms with Crippen LogP contribution >= 0.6 is 0 Å². The van der Waals surface area contributed by atoms with E-state index in [1.54, 1.807) is 12.1 Å². The van der Waals surface area contributed by atoms with Gasteiger partial charge in [0.1, 0.15) is 0 Å². The zero-order valence-electron chi connectivity index (χ0n) is 12.5. The summed E-state index contributed by atoms with van der Waals surface area (Å²) in [4.78, 5) is 2.38. The number of nitrogens with zero attached hydrogens (tertiary/aromatic N) is 1. The van der Waals surface area contributed by atoms with Gasteiger partial charge in [0.15, 0.2) is 11.6 Å². The van der Waals surface area contributed by atoms with Gasteiger partial charge in [-0.1, -0.05) is 12.1 Å². The Kier molecular flexibility index (Phi) is 5.80. The first kappa shape index (κ1) is 15.3. The van der Waals surface area contributed by atoms with Crippen molar-refractivity contribution in [2.24, 2.45) is 5.92 Å². The largest absolute Gasteiger partial charge is 0.494 e. The van der Waals surface area contributed by atoms with Crippen molar-refractivity contribution in [2.75, 3.05) is 33.8 Å². The summed E-state index contributed by atoms with van der Waals surface area (Å²) in [6.45, 7) is 3.92. The van der Waals surface area contributed by atoms with E-state index in [0.717, 1.165) is 12.5 Å². The van der Waals surface area contributed by atoms with Gasteiger partial charge in [-0.05, 0) is 57.9 Å². The maximum Gasteiger partial charge on any atom is 0.169 e. The molecule has 0 atom stereocenters. The van der Waals surface area contributed by atoms with Crippen LogP contribution in [0.15, 0.2) is 18.2 Å². The van der Waals surface area contributed by atoms with Gasteiger partial charge >= 0.3 is 0 Å². The quantitative estimate of drug-likeness (QED) is 0.811. The first-order valence-corrected chi connectivity index (χ1v) is 7.41. The van der Waals surface area contributed by atoms with Crippen molar-refractivity contribution in [2.45, 2.75) is 25.8 Å². The van der Waals surface area contributed by atoms with E-state index < -0.39 is 0 Å². The molecule has 1 fully saturated rings. The molecule has 0 saturated carbocycles. The number of methoxy groups -OCH3 is 1. The SMILES string of the molecule is COc1cccc(CNCCC2CCN(C)CC2)c1F. The average Bonchev–Trinajstić information content (AvgIpc) is 2.47. The highest BCUT2D eigenvalue weighted by atomic mass is 19.1. The summed E-state index contributed by atoms with van der Waals surface area (Å²) >= 11 is 0. The van der Waals surface area contributed by atoms with Crippen molar-refractivity contribution >= 4 is 0 Å². The number of halogens is 1. The fourth-order valence-corrected chi connectivity index (χ4v) is 2.73. The summed E-state index contributed by atoms with van der Waals surface area (Å²) < 4.78 is 18.9. The van der Waals surface area contributed by atoms with E-state index in [1.807, 2.05) is 6.07 Å². The van der Waals surface area contributed by atoms with Gasteiger partial charge < -0.3 is 15.0 Å². The summed E-state index contributed by atoms with van der Waals surface area (Å²) in [5.41, 5.74) is 0.674. The van der Waals surface area contributed by atoms with Crippen molar-refractivity contribution in [3.8, 4) is 5.75 Å². The van der Waals surface area contributed by atoms with Crippen molar-refractivity contribution in [1.82, 2.24) is 10.2 Å². The fraction of sp³-hybridized carbons (Fsp3) is 0.625. The van der Waals surface area contributed by atoms with Crippen LogP contribution in [0.5, 0.6) is 5.75 Å². The Bertz CT molecular complexity index is 417. The maximum atomic E-state index is 13.9. The molecule has 2 rings (SSSR count). The molecule has 112 valence electrons. The van der Waals surface area contributed by atoms with Crippen LogP contribution in [-0.2, 0) is 6.54 Å². The zero-order chi connectivity index (χ0) is 14.4. The Labute approximate surface area is 121 Å². The Morgan fingerprint density at radius 2 is 2.10 bits per heavy atom. The Morgan fingerprint density at radius 3 is 2.80 bits per heavy atom. The molecule has 0 bridgehead atoms. The first-order valence-electron chi connectivity index (χ1n) is 7.41. The molecule has 0 unspecified atom stereocenters. The summed E-state index contributed by atoms with van der Waals surface area (Å²) in [6, 6.07) is 5.29. The van der Waals surface area contributed by atoms with E-state index in [-0.39, 0.29) is 5.82 Å². The lowest BCUT2D eigenvalue weighted by atomic mass is 9.94. The Balaban J connectivity index is 1.71. The first-order chi connectivity index (χ1) is 9.70. The molecule has 1 aliphatic heterocycles. The van der Waals surface area contributed by atoms with E-state index in [2.05, 4.69) is 17.3 Å². The molecular formula is C16H25FN2O. The molecule has 1 N–H and O–H groups in total. The molecule has 1 heterocycles. The molecule has 20 heavy (non-hydrogen) atoms. The Morgan fingerprint density at radius 1 is 1.35 bits per heavy atom. The molecule has 1 aliphatic rings. The van der Waals surface area contributed by atoms with E-state index in [4.69, 9.17) is 4.74 Å². The van der Waals surface area contributed by atoms with Crippen LogP contribution in [0.1, 0.15) is 24.8 Å². The topological polar surface area (TPSA) is 24.5 Å². The molecule has 1 saturated heterocycles. The number of benzene rings is 1. The molecular weight excluding hydrogens is 255 g/mol. The van der Waals surface area contributed by atoms with Gasteiger partial charge in [0, 0.05) is 12.1 Å². The minimum Gasteiger partial charge on any atom is -0.494 e. The van der Waals surface area contributed by atoms with Gasteiger partial charge in [-0.2, -0.15) is 0 Å². The van der Waals surface area contributed by atoms with Crippen LogP contribution in [0.3, 0.4) is 0 Å². The van der Waals surface area contributed by atoms with Crippen LogP contribution < -0.4 is 10.1 Å². The van der Waals surface area contributed by atoms with E-state index >= 15 is 0 Å². The summed E-state index contributed by atoms with van der Waals surface area (Å²) in [5.74, 6) is 0.885. The number of rotatable bonds is 6. The molecule has 0 aromatic heterocycles. The van der Waals surface area contributed by atoms with Crippen LogP contribution in [0.4, 0.5) is 4.39 Å². The number of ether oxygens (including phenoxy) is 1. The van der Waals surface area contributed by atoms with Crippen LogP contribution in [0, 0.1) is 11.7 Å². The van der Waals surface area contributed by atoms with Crippen LogP contribution in [0.25, 0.3) is 0 Å². The van der Waals surface area contributed by atoms with Gasteiger partial charge in [-0.3, -0.25) is 0 Å². The third kappa shape index (κ3) is 4.18. The lowest BCUT2D eigenvalue weighted by Gasteiger charge is -2.28. The molecule has 1 aromatic rings. The molecule has 1 aromatic carbocycles. The number of hydrogen-bond acceptors (Lipinski definition) is 3. The third-order valence-electron chi connectivity index (χ3n) is 4.15. The van der Waals surface area contributed by atoms with E-state index in [0.29, 0.717) is 17.9 Å². The van der Waals surface area contributed by atoms with Gasteiger partial charge in [0.25, 0.3) is 0 Å². The molecule has 0 spiro atoms. The minimum absolute atomic E-state index is 0.248. The second kappa shape index (κ2) is 7.60. The highest BCUT2D eigenvalue weighted by molar-refractivity contribution is 5.30. The number of nitrogens with one attached hydrogen (secondary N) is 1. The van der Waals surface area contributed by atoms with Crippen molar-refractivity contribution in [1.29, 1.82) is 0 Å². The van der Waals surface area contributed by atoms with Gasteiger partial charge in [0.2, 0.25) is 0 Å². The predicted molar refractivity (Wildman–Crippen MR) is 79.5 cm³/mol. The number of hydrogen-bond donors (Lipinski definition) is 1. The summed E-state index contributed by atoms with van der Waals surface area (Å²) in [6.07, 6.45) is 3.75. The molecule has 0 radical (unpaired) electrons. The lowest BCUT2D eigenvalue weighted by Crippen LogP contribution is -2.31. The van der Waals surface area contributed by atoms with Crippen LogP contribution in [-0.4, -0.2) is 38.7 Å². The highest BCUT2D eigenvalue weighted by Crippen LogP contribution is 2.20. The smallest absolute Gasteiger partial charge is 0.169 e. The van der Waals surface area contributed by atoms with Crippen molar-refractivity contribution < 1.29 is 9.13 Å². The van der Waals surface area contributed by atoms with Gasteiger partial charge in [-0.15, -0.1) is 0 Å². The monoisotopic (exact) mass is 280 g/mol. The fourth-order valence-electron chi connectivity index (χ4n) is 2.73. The maximum absolute atomic E-state index is 13.9. The molecule has 0 aliphatic carbocycles. The summed E-state index contributed by atoms with van der Waals surface area (Å²) in [5, 5.41) is 3.34. The third-order valence-corrected chi connectivity index (χ3v) is 4.15. The molecule has 3 nitrogen and oxygen atoms in total. The van der Waals surface area contributed by atoms with Gasteiger partial charge in [-0.25, -0.2) is 4.39 Å². The normalized spacial score (nSPS) is 17.4. The van der Waals surface area contributed by atoms with Crippen molar-refractivity contribution in [3.63, 3.8) is 0 Å². The number of likely N-dealkylation sites (tertiary alicyclic amines) is 1. The average molecular weight is 280 g/mol.